The monoisotopic (exact) mass is 311 g/mol. The fourth-order valence-electron chi connectivity index (χ4n) is 2.70. The van der Waals surface area contributed by atoms with Crippen molar-refractivity contribution in [2.75, 3.05) is 0 Å². The maximum atomic E-state index is 12.2. The summed E-state index contributed by atoms with van der Waals surface area (Å²) in [7, 11) is 0. The van der Waals surface area contributed by atoms with Crippen molar-refractivity contribution in [3.05, 3.63) is 71.8 Å². The van der Waals surface area contributed by atoms with Crippen LogP contribution in [0.1, 0.15) is 37.3 Å². The van der Waals surface area contributed by atoms with Crippen molar-refractivity contribution in [1.82, 2.24) is 5.06 Å². The average Bonchev–Trinajstić information content (AvgIpc) is 2.60. The van der Waals surface area contributed by atoms with Crippen LogP contribution in [-0.4, -0.2) is 22.2 Å². The van der Waals surface area contributed by atoms with E-state index in [1.54, 1.807) is 0 Å². The van der Waals surface area contributed by atoms with Crippen LogP contribution in [0.25, 0.3) is 0 Å². The van der Waals surface area contributed by atoms with E-state index < -0.39 is 0 Å². The van der Waals surface area contributed by atoms with Gasteiger partial charge < -0.3 is 0 Å². The molecule has 0 saturated carbocycles. The van der Waals surface area contributed by atoms with Crippen molar-refractivity contribution >= 4 is 5.91 Å². The summed E-state index contributed by atoms with van der Waals surface area (Å²) < 4.78 is 0. The van der Waals surface area contributed by atoms with Gasteiger partial charge in [-0.3, -0.25) is 10.0 Å². The minimum atomic E-state index is -0.191. The molecule has 1 atom stereocenters. The molecular weight excluding hydrogens is 286 g/mol. The van der Waals surface area contributed by atoms with Gasteiger partial charge in [-0.15, -0.1) is 0 Å². The van der Waals surface area contributed by atoms with Crippen molar-refractivity contribution < 1.29 is 10.0 Å². The Labute approximate surface area is 138 Å². The maximum Gasteiger partial charge on any atom is 0.246 e. The number of carbonyl (C=O) groups excluding carboxylic acids is 1. The van der Waals surface area contributed by atoms with E-state index in [-0.39, 0.29) is 11.9 Å². The van der Waals surface area contributed by atoms with Gasteiger partial charge in [-0.05, 0) is 36.8 Å². The Morgan fingerprint density at radius 3 is 2.13 bits per heavy atom. The number of nitrogens with zero attached hydrogens (tertiary/aromatic N) is 1. The number of hydroxylamine groups is 2. The SMILES string of the molecule is CCC(Cc1ccccc1)N(O)C(=O)CCCc1ccccc1. The van der Waals surface area contributed by atoms with E-state index in [9.17, 15) is 10.0 Å². The van der Waals surface area contributed by atoms with Gasteiger partial charge >= 0.3 is 0 Å². The van der Waals surface area contributed by atoms with Crippen LogP contribution < -0.4 is 0 Å². The highest BCUT2D eigenvalue weighted by Gasteiger charge is 2.20. The van der Waals surface area contributed by atoms with Crippen molar-refractivity contribution in [1.29, 1.82) is 0 Å². The van der Waals surface area contributed by atoms with Gasteiger partial charge in [0.15, 0.2) is 0 Å². The Bertz CT molecular complexity index is 583. The number of benzene rings is 2. The van der Waals surface area contributed by atoms with Crippen LogP contribution in [0.4, 0.5) is 0 Å². The molecule has 2 aromatic carbocycles. The first-order valence-electron chi connectivity index (χ1n) is 8.29. The minimum absolute atomic E-state index is 0.165. The predicted molar refractivity (Wildman–Crippen MR) is 92.2 cm³/mol. The van der Waals surface area contributed by atoms with E-state index in [2.05, 4.69) is 12.1 Å². The first kappa shape index (κ1) is 17.2. The summed E-state index contributed by atoms with van der Waals surface area (Å²) in [5, 5.41) is 11.2. The predicted octanol–water partition coefficient (Wildman–Crippen LogP) is 4.25. The molecule has 0 aromatic heterocycles. The largest absolute Gasteiger partial charge is 0.286 e. The van der Waals surface area contributed by atoms with Crippen molar-refractivity contribution in [2.45, 2.75) is 45.1 Å². The summed E-state index contributed by atoms with van der Waals surface area (Å²) >= 11 is 0. The molecule has 1 N–H and O–H groups in total. The van der Waals surface area contributed by atoms with Crippen molar-refractivity contribution in [3.63, 3.8) is 0 Å². The van der Waals surface area contributed by atoms with Crippen LogP contribution in [0.15, 0.2) is 60.7 Å². The molecule has 1 amide bonds. The van der Waals surface area contributed by atoms with Crippen molar-refractivity contribution in [2.24, 2.45) is 0 Å². The topological polar surface area (TPSA) is 40.5 Å². The highest BCUT2D eigenvalue weighted by atomic mass is 16.5. The normalized spacial score (nSPS) is 11.9. The van der Waals surface area contributed by atoms with Gasteiger partial charge in [-0.2, -0.15) is 0 Å². The van der Waals surface area contributed by atoms with Gasteiger partial charge in [-0.1, -0.05) is 67.6 Å². The van der Waals surface area contributed by atoms with E-state index in [1.165, 1.54) is 5.56 Å². The molecule has 0 radical (unpaired) electrons. The molecular formula is C20H25NO2. The van der Waals surface area contributed by atoms with Crippen molar-refractivity contribution in [3.8, 4) is 0 Å². The Kier molecular flexibility index (Phi) is 6.82. The van der Waals surface area contributed by atoms with Crippen LogP contribution in [-0.2, 0) is 17.6 Å². The number of carbonyl (C=O) groups is 1. The quantitative estimate of drug-likeness (QED) is 0.585. The second kappa shape index (κ2) is 9.11. The molecule has 0 aliphatic carbocycles. The fraction of sp³-hybridized carbons (Fsp3) is 0.350. The van der Waals surface area contributed by atoms with Gasteiger partial charge in [0.05, 0.1) is 6.04 Å². The number of rotatable bonds is 8. The molecule has 122 valence electrons. The molecule has 0 aliphatic rings. The molecule has 2 aromatic rings. The lowest BCUT2D eigenvalue weighted by Crippen LogP contribution is -2.38. The molecule has 0 heterocycles. The lowest BCUT2D eigenvalue weighted by atomic mass is 10.0. The summed E-state index contributed by atoms with van der Waals surface area (Å²) in [5.74, 6) is -0.191. The van der Waals surface area contributed by atoms with Crippen LogP contribution in [0.3, 0.4) is 0 Å². The third-order valence-electron chi connectivity index (χ3n) is 4.09. The molecule has 0 spiro atoms. The zero-order valence-electron chi connectivity index (χ0n) is 13.7. The molecule has 3 heteroatoms. The molecule has 3 nitrogen and oxygen atoms in total. The molecule has 0 fully saturated rings. The van der Waals surface area contributed by atoms with Crippen LogP contribution in [0.2, 0.25) is 0 Å². The highest BCUT2D eigenvalue weighted by molar-refractivity contribution is 5.75. The van der Waals surface area contributed by atoms with E-state index in [1.807, 2.05) is 55.5 Å². The van der Waals surface area contributed by atoms with Gasteiger partial charge in [0.25, 0.3) is 0 Å². The third kappa shape index (κ3) is 5.53. The summed E-state index contributed by atoms with van der Waals surface area (Å²) in [6.07, 6.45) is 3.39. The Morgan fingerprint density at radius 2 is 1.57 bits per heavy atom. The smallest absolute Gasteiger partial charge is 0.246 e. The third-order valence-corrected chi connectivity index (χ3v) is 4.09. The van der Waals surface area contributed by atoms with Crippen LogP contribution in [0.5, 0.6) is 0 Å². The second-order valence-corrected chi connectivity index (χ2v) is 5.83. The summed E-state index contributed by atoms with van der Waals surface area (Å²) in [6.45, 7) is 1.99. The number of hydrogen-bond donors (Lipinski definition) is 1. The van der Waals surface area contributed by atoms with Gasteiger partial charge in [0, 0.05) is 6.42 Å². The maximum absolute atomic E-state index is 12.2. The molecule has 1 unspecified atom stereocenters. The van der Waals surface area contributed by atoms with E-state index in [4.69, 9.17) is 0 Å². The van der Waals surface area contributed by atoms with Crippen LogP contribution in [0, 0.1) is 0 Å². The summed E-state index contributed by atoms with van der Waals surface area (Å²) in [5.41, 5.74) is 2.36. The summed E-state index contributed by atoms with van der Waals surface area (Å²) in [4.78, 5) is 12.2. The first-order valence-corrected chi connectivity index (χ1v) is 8.29. The highest BCUT2D eigenvalue weighted by Crippen LogP contribution is 2.13. The molecule has 0 saturated heterocycles. The minimum Gasteiger partial charge on any atom is -0.286 e. The standard InChI is InChI=1S/C20H25NO2/c1-2-19(16-18-12-7-4-8-13-18)21(23)20(22)15-9-14-17-10-5-3-6-11-17/h3-8,10-13,19,23H,2,9,14-16H2,1H3. The Morgan fingerprint density at radius 1 is 1.00 bits per heavy atom. The van der Waals surface area contributed by atoms with Crippen LogP contribution >= 0.6 is 0 Å². The van der Waals surface area contributed by atoms with E-state index >= 15 is 0 Å². The average molecular weight is 311 g/mol. The molecule has 2 rings (SSSR count). The lowest BCUT2D eigenvalue weighted by Gasteiger charge is -2.25. The fourth-order valence-corrected chi connectivity index (χ4v) is 2.70. The number of hydrogen-bond acceptors (Lipinski definition) is 2. The first-order chi connectivity index (χ1) is 11.2. The Balaban J connectivity index is 1.82. The van der Waals surface area contributed by atoms with Gasteiger partial charge in [-0.25, -0.2) is 5.06 Å². The van der Waals surface area contributed by atoms with Gasteiger partial charge in [0.2, 0.25) is 5.91 Å². The molecule has 0 bridgehead atoms. The van der Waals surface area contributed by atoms with E-state index in [0.717, 1.165) is 29.9 Å². The van der Waals surface area contributed by atoms with E-state index in [0.29, 0.717) is 12.8 Å². The van der Waals surface area contributed by atoms with Gasteiger partial charge in [0.1, 0.15) is 0 Å². The molecule has 0 aliphatic heterocycles. The lowest BCUT2D eigenvalue weighted by molar-refractivity contribution is -0.176. The summed E-state index contributed by atoms with van der Waals surface area (Å²) in [6, 6.07) is 19.9. The Hall–Kier alpha value is -2.13. The zero-order valence-corrected chi connectivity index (χ0v) is 13.7. The number of amides is 1. The zero-order chi connectivity index (χ0) is 16.5. The second-order valence-electron chi connectivity index (χ2n) is 5.83. The molecule has 23 heavy (non-hydrogen) atoms. The number of aryl methyl sites for hydroxylation is 1.